The number of hydrogen-bond acceptors (Lipinski definition) is 1. The Kier molecular flexibility index (Phi) is 5.33. The van der Waals surface area contributed by atoms with Crippen LogP contribution in [0.3, 0.4) is 0 Å². The summed E-state index contributed by atoms with van der Waals surface area (Å²) < 4.78 is 13.3. The highest BCUT2D eigenvalue weighted by Crippen LogP contribution is 2.34. The van der Waals surface area contributed by atoms with E-state index in [0.717, 1.165) is 37.2 Å². The molecule has 0 bridgehead atoms. The van der Waals surface area contributed by atoms with Gasteiger partial charge in [-0.15, -0.1) is 0 Å². The van der Waals surface area contributed by atoms with Gasteiger partial charge in [-0.2, -0.15) is 0 Å². The average molecular weight is 276 g/mol. The molecular weight excluding hydrogens is 251 g/mol. The molecule has 0 saturated heterocycles. The van der Waals surface area contributed by atoms with Crippen LogP contribution >= 0.6 is 0 Å². The highest BCUT2D eigenvalue weighted by molar-refractivity contribution is 5.99. The molecule has 1 fully saturated rings. The van der Waals surface area contributed by atoms with E-state index in [-0.39, 0.29) is 17.5 Å². The maximum absolute atomic E-state index is 13.3. The molecule has 0 N–H and O–H groups in total. The molecule has 1 aliphatic rings. The van der Waals surface area contributed by atoms with Crippen LogP contribution in [0.25, 0.3) is 0 Å². The van der Waals surface area contributed by atoms with E-state index in [1.54, 1.807) is 6.07 Å². The molecule has 2 heteroatoms. The van der Waals surface area contributed by atoms with E-state index in [0.29, 0.717) is 5.56 Å². The number of ketones is 1. The van der Waals surface area contributed by atoms with Crippen molar-refractivity contribution in [3.63, 3.8) is 0 Å². The molecule has 1 aromatic rings. The average Bonchev–Trinajstić information content (AvgIpc) is 2.47. The first-order valence-electron chi connectivity index (χ1n) is 7.92. The lowest BCUT2D eigenvalue weighted by atomic mass is 9.76. The minimum Gasteiger partial charge on any atom is -0.294 e. The van der Waals surface area contributed by atoms with Crippen molar-refractivity contribution >= 4 is 5.78 Å². The summed E-state index contributed by atoms with van der Waals surface area (Å²) in [5.74, 6) is 0.743. The maximum atomic E-state index is 13.3. The Hall–Kier alpha value is -1.18. The molecule has 2 rings (SSSR count). The van der Waals surface area contributed by atoms with E-state index in [2.05, 4.69) is 6.92 Å². The Labute approximate surface area is 121 Å². The maximum Gasteiger partial charge on any atom is 0.166 e. The van der Waals surface area contributed by atoms with E-state index in [1.165, 1.54) is 31.4 Å². The molecule has 0 unspecified atom stereocenters. The largest absolute Gasteiger partial charge is 0.294 e. The lowest BCUT2D eigenvalue weighted by Crippen LogP contribution is -2.22. The van der Waals surface area contributed by atoms with Crippen molar-refractivity contribution in [1.29, 1.82) is 0 Å². The molecular formula is C18H25FO. The van der Waals surface area contributed by atoms with Crippen molar-refractivity contribution in [2.45, 2.75) is 58.8 Å². The molecule has 0 aromatic heterocycles. The lowest BCUT2D eigenvalue weighted by Gasteiger charge is -2.28. The first kappa shape index (κ1) is 15.2. The molecule has 0 heterocycles. The SMILES string of the molecule is CCCCC1CCC(C(=O)c2cc(F)ccc2C)CC1. The predicted octanol–water partition coefficient (Wildman–Crippen LogP) is 5.31. The summed E-state index contributed by atoms with van der Waals surface area (Å²) >= 11 is 0. The molecule has 0 radical (unpaired) electrons. The third-order valence-corrected chi connectivity index (χ3v) is 4.65. The number of hydrogen-bond donors (Lipinski definition) is 0. The van der Waals surface area contributed by atoms with Gasteiger partial charge in [0.05, 0.1) is 0 Å². The van der Waals surface area contributed by atoms with E-state index in [9.17, 15) is 9.18 Å². The summed E-state index contributed by atoms with van der Waals surface area (Å²) in [7, 11) is 0. The lowest BCUT2D eigenvalue weighted by molar-refractivity contribution is 0.0868. The minimum absolute atomic E-state index is 0.105. The van der Waals surface area contributed by atoms with Gasteiger partial charge in [0.2, 0.25) is 0 Å². The van der Waals surface area contributed by atoms with Crippen LogP contribution in [0.5, 0.6) is 0 Å². The first-order valence-corrected chi connectivity index (χ1v) is 7.92. The van der Waals surface area contributed by atoms with Gasteiger partial charge < -0.3 is 0 Å². The normalized spacial score (nSPS) is 22.8. The van der Waals surface area contributed by atoms with Crippen LogP contribution < -0.4 is 0 Å². The van der Waals surface area contributed by atoms with E-state index < -0.39 is 0 Å². The topological polar surface area (TPSA) is 17.1 Å². The zero-order valence-electron chi connectivity index (χ0n) is 12.6. The molecule has 20 heavy (non-hydrogen) atoms. The number of Topliss-reactive ketones (excluding diaryl/α,β-unsaturated/α-hetero) is 1. The number of halogens is 1. The van der Waals surface area contributed by atoms with Gasteiger partial charge in [-0.1, -0.05) is 32.3 Å². The molecule has 0 aliphatic heterocycles. The Morgan fingerprint density at radius 1 is 1.25 bits per heavy atom. The second-order valence-corrected chi connectivity index (χ2v) is 6.18. The summed E-state index contributed by atoms with van der Waals surface area (Å²) in [6.07, 6.45) is 8.12. The smallest absolute Gasteiger partial charge is 0.166 e. The Balaban J connectivity index is 1.96. The number of aryl methyl sites for hydroxylation is 1. The molecule has 1 nitrogen and oxygen atoms in total. The molecule has 1 aromatic carbocycles. The minimum atomic E-state index is -0.310. The van der Waals surface area contributed by atoms with Gasteiger partial charge in [-0.3, -0.25) is 4.79 Å². The van der Waals surface area contributed by atoms with Gasteiger partial charge in [-0.25, -0.2) is 4.39 Å². The monoisotopic (exact) mass is 276 g/mol. The van der Waals surface area contributed by atoms with Crippen LogP contribution in [0, 0.1) is 24.6 Å². The predicted molar refractivity (Wildman–Crippen MR) is 80.4 cm³/mol. The highest BCUT2D eigenvalue weighted by Gasteiger charge is 2.27. The van der Waals surface area contributed by atoms with Gasteiger partial charge >= 0.3 is 0 Å². The fourth-order valence-electron chi connectivity index (χ4n) is 3.29. The molecule has 1 saturated carbocycles. The Bertz CT molecular complexity index is 458. The Morgan fingerprint density at radius 2 is 1.95 bits per heavy atom. The zero-order valence-corrected chi connectivity index (χ0v) is 12.6. The number of unbranched alkanes of at least 4 members (excludes halogenated alkanes) is 1. The van der Waals surface area contributed by atoms with Crippen LogP contribution in [-0.2, 0) is 0 Å². The van der Waals surface area contributed by atoms with Crippen LogP contribution in [0.15, 0.2) is 18.2 Å². The van der Waals surface area contributed by atoms with Gasteiger partial charge in [0.1, 0.15) is 5.82 Å². The summed E-state index contributed by atoms with van der Waals surface area (Å²) in [5, 5.41) is 0. The molecule has 1 aliphatic carbocycles. The van der Waals surface area contributed by atoms with Gasteiger partial charge in [0.25, 0.3) is 0 Å². The number of benzene rings is 1. The second-order valence-electron chi connectivity index (χ2n) is 6.18. The van der Waals surface area contributed by atoms with Crippen molar-refractivity contribution in [2.75, 3.05) is 0 Å². The third-order valence-electron chi connectivity index (χ3n) is 4.65. The Morgan fingerprint density at radius 3 is 2.60 bits per heavy atom. The molecule has 0 spiro atoms. The fraction of sp³-hybridized carbons (Fsp3) is 0.611. The zero-order chi connectivity index (χ0) is 14.5. The first-order chi connectivity index (χ1) is 9.61. The highest BCUT2D eigenvalue weighted by atomic mass is 19.1. The number of rotatable bonds is 5. The fourth-order valence-corrected chi connectivity index (χ4v) is 3.29. The van der Waals surface area contributed by atoms with Crippen molar-refractivity contribution in [3.8, 4) is 0 Å². The van der Waals surface area contributed by atoms with Gasteiger partial charge in [0.15, 0.2) is 5.78 Å². The van der Waals surface area contributed by atoms with E-state index in [1.807, 2.05) is 6.92 Å². The third kappa shape index (κ3) is 3.68. The molecule has 110 valence electrons. The summed E-state index contributed by atoms with van der Waals surface area (Å²) in [6, 6.07) is 4.53. The molecule has 0 amide bonds. The second kappa shape index (κ2) is 7.01. The quantitative estimate of drug-likeness (QED) is 0.666. The summed E-state index contributed by atoms with van der Waals surface area (Å²) in [5.41, 5.74) is 1.48. The summed E-state index contributed by atoms with van der Waals surface area (Å²) in [4.78, 5) is 12.5. The van der Waals surface area contributed by atoms with Crippen LogP contribution in [-0.4, -0.2) is 5.78 Å². The van der Waals surface area contributed by atoms with Crippen molar-refractivity contribution in [1.82, 2.24) is 0 Å². The van der Waals surface area contributed by atoms with E-state index in [4.69, 9.17) is 0 Å². The van der Waals surface area contributed by atoms with Crippen LogP contribution in [0.1, 0.15) is 67.8 Å². The van der Waals surface area contributed by atoms with Gasteiger partial charge in [-0.05, 0) is 56.2 Å². The molecule has 0 atom stereocenters. The summed E-state index contributed by atoms with van der Waals surface area (Å²) in [6.45, 7) is 4.11. The standard InChI is InChI=1S/C18H25FO/c1-3-4-5-14-7-9-15(10-8-14)18(20)17-12-16(19)11-6-13(17)2/h6,11-12,14-15H,3-5,7-10H2,1-2H3. The van der Waals surface area contributed by atoms with Gasteiger partial charge in [0, 0.05) is 11.5 Å². The number of carbonyl (C=O) groups is 1. The van der Waals surface area contributed by atoms with Crippen molar-refractivity contribution in [3.05, 3.63) is 35.1 Å². The van der Waals surface area contributed by atoms with Crippen LogP contribution in [0.2, 0.25) is 0 Å². The van der Waals surface area contributed by atoms with Crippen molar-refractivity contribution in [2.24, 2.45) is 11.8 Å². The van der Waals surface area contributed by atoms with Crippen LogP contribution in [0.4, 0.5) is 4.39 Å². The van der Waals surface area contributed by atoms with Crippen molar-refractivity contribution < 1.29 is 9.18 Å². The number of carbonyl (C=O) groups excluding carboxylic acids is 1. The van der Waals surface area contributed by atoms with E-state index >= 15 is 0 Å².